The van der Waals surface area contributed by atoms with Crippen molar-refractivity contribution in [3.63, 3.8) is 0 Å². The molecule has 0 aliphatic carbocycles. The van der Waals surface area contributed by atoms with Crippen molar-refractivity contribution in [2.45, 2.75) is 18.7 Å². The molecule has 6 heteroatoms. The average Bonchev–Trinajstić information content (AvgIpc) is 2.72. The lowest BCUT2D eigenvalue weighted by Crippen LogP contribution is -2.39. The van der Waals surface area contributed by atoms with E-state index >= 15 is 0 Å². The number of halogens is 3. The Morgan fingerprint density at radius 3 is 2.54 bits per heavy atom. The fraction of sp³-hybridized carbons (Fsp3) is 0.333. The van der Waals surface area contributed by atoms with Crippen LogP contribution in [0.3, 0.4) is 0 Å². The molecular weight excluding hydrogens is 367 g/mol. The quantitative estimate of drug-likeness (QED) is 0.852. The van der Waals surface area contributed by atoms with Gasteiger partial charge in [0.25, 0.3) is 0 Å². The highest BCUT2D eigenvalue weighted by atomic mass is 35.5. The van der Waals surface area contributed by atoms with Crippen LogP contribution < -0.4 is 5.73 Å². The average molecular weight is 388 g/mol. The number of hydrogen-bond acceptors (Lipinski definition) is 3. The number of hydrogen-bond donors (Lipinski definition) is 1. The van der Waals surface area contributed by atoms with Crippen LogP contribution in [0.5, 0.6) is 0 Å². The summed E-state index contributed by atoms with van der Waals surface area (Å²) < 4.78 is 6.00. The zero-order valence-electron chi connectivity index (χ0n) is 13.2. The first-order valence-corrected chi connectivity index (χ1v) is 8.47. The Morgan fingerprint density at radius 2 is 1.83 bits per heavy atom. The molecule has 3 nitrogen and oxygen atoms in total. The van der Waals surface area contributed by atoms with E-state index in [1.165, 1.54) is 5.56 Å². The molecule has 2 aromatic rings. The van der Waals surface area contributed by atoms with Crippen molar-refractivity contribution in [1.29, 1.82) is 0 Å². The van der Waals surface area contributed by atoms with Crippen molar-refractivity contribution in [2.75, 3.05) is 19.7 Å². The van der Waals surface area contributed by atoms with Crippen molar-refractivity contribution in [3.8, 4) is 0 Å². The third kappa shape index (κ3) is 4.85. The topological polar surface area (TPSA) is 38.5 Å². The molecule has 2 atom stereocenters. The van der Waals surface area contributed by atoms with Gasteiger partial charge in [-0.3, -0.25) is 4.90 Å². The molecular formula is C18H21Cl3N2O. The summed E-state index contributed by atoms with van der Waals surface area (Å²) in [5, 5.41) is 1.08. The summed E-state index contributed by atoms with van der Waals surface area (Å²) in [6, 6.07) is 15.9. The highest BCUT2D eigenvalue weighted by Gasteiger charge is 2.26. The van der Waals surface area contributed by atoms with Crippen LogP contribution in [0.4, 0.5) is 0 Å². The molecule has 0 amide bonds. The molecule has 0 spiro atoms. The van der Waals surface area contributed by atoms with E-state index in [0.717, 1.165) is 25.2 Å². The summed E-state index contributed by atoms with van der Waals surface area (Å²) in [4.78, 5) is 2.33. The largest absolute Gasteiger partial charge is 0.371 e. The molecule has 0 bridgehead atoms. The lowest BCUT2D eigenvalue weighted by Gasteiger charge is -2.25. The van der Waals surface area contributed by atoms with Gasteiger partial charge in [0.15, 0.2) is 0 Å². The SMILES string of the molecule is Cl.NC1CN(Cc2ccccc2)CCOC1c1ccc(Cl)c(Cl)c1. The van der Waals surface area contributed by atoms with E-state index < -0.39 is 0 Å². The Labute approximate surface area is 159 Å². The van der Waals surface area contributed by atoms with Gasteiger partial charge in [-0.2, -0.15) is 0 Å². The van der Waals surface area contributed by atoms with Crippen LogP contribution in [-0.4, -0.2) is 30.6 Å². The number of nitrogens with two attached hydrogens (primary N) is 1. The van der Waals surface area contributed by atoms with Crippen molar-refractivity contribution >= 4 is 35.6 Å². The third-order valence-corrected chi connectivity index (χ3v) is 4.82. The van der Waals surface area contributed by atoms with Gasteiger partial charge in [-0.15, -0.1) is 12.4 Å². The van der Waals surface area contributed by atoms with Crippen LogP contribution in [0, 0.1) is 0 Å². The smallest absolute Gasteiger partial charge is 0.0989 e. The number of rotatable bonds is 3. The van der Waals surface area contributed by atoms with Crippen molar-refractivity contribution in [1.82, 2.24) is 4.90 Å². The van der Waals surface area contributed by atoms with Gasteiger partial charge in [0.1, 0.15) is 0 Å². The van der Waals surface area contributed by atoms with Crippen LogP contribution in [0.1, 0.15) is 17.2 Å². The fourth-order valence-corrected chi connectivity index (χ4v) is 3.24. The van der Waals surface area contributed by atoms with E-state index in [-0.39, 0.29) is 24.6 Å². The molecule has 130 valence electrons. The van der Waals surface area contributed by atoms with Gasteiger partial charge in [0.05, 0.1) is 22.8 Å². The molecule has 0 radical (unpaired) electrons. The van der Waals surface area contributed by atoms with E-state index in [2.05, 4.69) is 29.2 Å². The van der Waals surface area contributed by atoms with E-state index in [9.17, 15) is 0 Å². The van der Waals surface area contributed by atoms with Crippen LogP contribution in [0.15, 0.2) is 48.5 Å². The monoisotopic (exact) mass is 386 g/mol. The second-order valence-corrected chi connectivity index (χ2v) is 6.66. The summed E-state index contributed by atoms with van der Waals surface area (Å²) in [6.07, 6.45) is -0.162. The first kappa shape index (κ1) is 19.5. The van der Waals surface area contributed by atoms with Crippen LogP contribution in [0.25, 0.3) is 0 Å². The van der Waals surface area contributed by atoms with Gasteiger partial charge >= 0.3 is 0 Å². The maximum absolute atomic E-state index is 6.40. The van der Waals surface area contributed by atoms with E-state index in [0.29, 0.717) is 16.7 Å². The molecule has 2 unspecified atom stereocenters. The number of nitrogens with zero attached hydrogens (tertiary/aromatic N) is 1. The highest BCUT2D eigenvalue weighted by Crippen LogP contribution is 2.29. The van der Waals surface area contributed by atoms with Gasteiger partial charge in [-0.1, -0.05) is 59.6 Å². The Morgan fingerprint density at radius 1 is 1.08 bits per heavy atom. The third-order valence-electron chi connectivity index (χ3n) is 4.08. The molecule has 0 aromatic heterocycles. The zero-order valence-corrected chi connectivity index (χ0v) is 15.5. The van der Waals surface area contributed by atoms with Gasteiger partial charge in [0.2, 0.25) is 0 Å². The Balaban J connectivity index is 0.00000208. The predicted octanol–water partition coefficient (Wildman–Crippen LogP) is 4.32. The zero-order chi connectivity index (χ0) is 16.2. The molecule has 1 aliphatic heterocycles. The van der Waals surface area contributed by atoms with Crippen LogP contribution in [0.2, 0.25) is 10.0 Å². The van der Waals surface area contributed by atoms with Crippen molar-refractivity contribution < 1.29 is 4.74 Å². The predicted molar refractivity (Wildman–Crippen MR) is 102 cm³/mol. The van der Waals surface area contributed by atoms with Crippen molar-refractivity contribution in [2.24, 2.45) is 5.73 Å². The van der Waals surface area contributed by atoms with E-state index in [1.54, 1.807) is 6.07 Å². The molecule has 24 heavy (non-hydrogen) atoms. The molecule has 3 rings (SSSR count). The van der Waals surface area contributed by atoms with Crippen LogP contribution >= 0.6 is 35.6 Å². The summed E-state index contributed by atoms with van der Waals surface area (Å²) in [5.41, 5.74) is 8.67. The van der Waals surface area contributed by atoms with Gasteiger partial charge in [-0.25, -0.2) is 0 Å². The second-order valence-electron chi connectivity index (χ2n) is 5.85. The van der Waals surface area contributed by atoms with Gasteiger partial charge in [0, 0.05) is 25.7 Å². The standard InChI is InChI=1S/C18H20Cl2N2O.ClH/c19-15-7-6-14(10-16(15)20)18-17(21)12-22(8-9-23-18)11-13-4-2-1-3-5-13;/h1-7,10,17-18H,8-9,11-12,21H2;1H. The molecule has 1 aliphatic rings. The molecule has 2 N–H and O–H groups in total. The Bertz CT molecular complexity index is 654. The minimum atomic E-state index is -0.162. The fourth-order valence-electron chi connectivity index (χ4n) is 2.94. The normalized spacial score (nSPS) is 21.8. The minimum absolute atomic E-state index is 0. The summed E-state index contributed by atoms with van der Waals surface area (Å²) in [7, 11) is 0. The van der Waals surface area contributed by atoms with Crippen LogP contribution in [-0.2, 0) is 11.3 Å². The summed E-state index contributed by atoms with van der Waals surface area (Å²) in [6.45, 7) is 3.16. The number of benzene rings is 2. The maximum atomic E-state index is 6.40. The minimum Gasteiger partial charge on any atom is -0.371 e. The first-order chi connectivity index (χ1) is 11.1. The molecule has 0 saturated carbocycles. The molecule has 1 heterocycles. The summed E-state index contributed by atoms with van der Waals surface area (Å²) in [5.74, 6) is 0. The van der Waals surface area contributed by atoms with Crippen molar-refractivity contribution in [3.05, 3.63) is 69.7 Å². The van der Waals surface area contributed by atoms with E-state index in [4.69, 9.17) is 33.7 Å². The van der Waals surface area contributed by atoms with Gasteiger partial charge in [-0.05, 0) is 23.3 Å². The second kappa shape index (κ2) is 9.04. The van der Waals surface area contributed by atoms with Gasteiger partial charge < -0.3 is 10.5 Å². The van der Waals surface area contributed by atoms with E-state index in [1.807, 2.05) is 18.2 Å². The molecule has 1 fully saturated rings. The molecule has 1 saturated heterocycles. The molecule has 2 aromatic carbocycles. The Hall–Kier alpha value is -0.810. The lowest BCUT2D eigenvalue weighted by atomic mass is 10.0. The lowest BCUT2D eigenvalue weighted by molar-refractivity contribution is 0.0517. The Kier molecular flexibility index (Phi) is 7.35. The maximum Gasteiger partial charge on any atom is 0.0989 e. The number of ether oxygens (including phenoxy) is 1. The summed E-state index contributed by atoms with van der Waals surface area (Å²) >= 11 is 12.1. The highest BCUT2D eigenvalue weighted by molar-refractivity contribution is 6.42. The first-order valence-electron chi connectivity index (χ1n) is 7.72.